The van der Waals surface area contributed by atoms with Crippen molar-refractivity contribution in [1.29, 1.82) is 0 Å². The zero-order valence-electron chi connectivity index (χ0n) is 15.4. The molecule has 0 aliphatic rings. The lowest BCUT2D eigenvalue weighted by Crippen LogP contribution is -1.93. The molecule has 0 atom stereocenters. The molecule has 0 spiro atoms. The van der Waals surface area contributed by atoms with Gasteiger partial charge < -0.3 is 8.98 Å². The number of furan rings is 1. The molecular weight excluding hydrogens is 374 g/mol. The van der Waals surface area contributed by atoms with Gasteiger partial charge in [-0.25, -0.2) is 0 Å². The monoisotopic (exact) mass is 389 g/mol. The summed E-state index contributed by atoms with van der Waals surface area (Å²) in [6.07, 6.45) is 0. The molecule has 0 amide bonds. The summed E-state index contributed by atoms with van der Waals surface area (Å²) in [7, 11) is 0. The minimum absolute atomic E-state index is 0.929. The van der Waals surface area contributed by atoms with Gasteiger partial charge in [-0.1, -0.05) is 54.6 Å². The predicted molar refractivity (Wildman–Crippen MR) is 123 cm³/mol. The zero-order valence-corrected chi connectivity index (χ0v) is 16.2. The van der Waals surface area contributed by atoms with E-state index in [-0.39, 0.29) is 0 Å². The first-order chi connectivity index (χ1) is 14.4. The second-order valence-corrected chi connectivity index (χ2v) is 8.46. The summed E-state index contributed by atoms with van der Waals surface area (Å²) in [5, 5.41) is 4.93. The lowest BCUT2D eigenvalue weighted by atomic mass is 10.1. The molecule has 7 aromatic rings. The van der Waals surface area contributed by atoms with E-state index in [1.54, 1.807) is 0 Å². The Morgan fingerprint density at radius 3 is 2.28 bits per heavy atom. The molecule has 3 heteroatoms. The predicted octanol–water partition coefficient (Wildman–Crippen LogP) is 7.90. The second kappa shape index (κ2) is 5.49. The van der Waals surface area contributed by atoms with E-state index in [1.165, 1.54) is 36.9 Å². The molecule has 0 unspecified atom stereocenters. The lowest BCUT2D eigenvalue weighted by Gasteiger charge is -2.08. The molecule has 0 fully saturated rings. The van der Waals surface area contributed by atoms with Crippen LogP contribution < -0.4 is 0 Å². The summed E-state index contributed by atoms with van der Waals surface area (Å²) in [6.45, 7) is 0. The van der Waals surface area contributed by atoms with Crippen molar-refractivity contribution in [3.63, 3.8) is 0 Å². The van der Waals surface area contributed by atoms with Gasteiger partial charge in [0.05, 0.1) is 15.7 Å². The Kier molecular flexibility index (Phi) is 2.91. The van der Waals surface area contributed by atoms with E-state index in [1.807, 2.05) is 23.5 Å². The highest BCUT2D eigenvalue weighted by molar-refractivity contribution is 7.26. The quantitative estimate of drug-likeness (QED) is 0.279. The van der Waals surface area contributed by atoms with E-state index >= 15 is 0 Å². The zero-order chi connectivity index (χ0) is 18.9. The molecule has 0 saturated carbocycles. The molecule has 4 aromatic carbocycles. The van der Waals surface area contributed by atoms with Gasteiger partial charge in [-0.2, -0.15) is 0 Å². The van der Waals surface area contributed by atoms with Crippen molar-refractivity contribution in [3.8, 4) is 5.69 Å². The first-order valence-corrected chi connectivity index (χ1v) is 10.5. The number of rotatable bonds is 1. The molecule has 0 bridgehead atoms. The Morgan fingerprint density at radius 1 is 0.621 bits per heavy atom. The molecule has 0 N–H and O–H groups in total. The number of benzene rings is 4. The van der Waals surface area contributed by atoms with Gasteiger partial charge in [-0.3, -0.25) is 0 Å². The van der Waals surface area contributed by atoms with Crippen LogP contribution in [0.3, 0.4) is 0 Å². The molecule has 0 saturated heterocycles. The highest BCUT2D eigenvalue weighted by Gasteiger charge is 2.18. The van der Waals surface area contributed by atoms with E-state index in [9.17, 15) is 0 Å². The van der Waals surface area contributed by atoms with Crippen molar-refractivity contribution in [2.24, 2.45) is 0 Å². The third-order valence-corrected chi connectivity index (χ3v) is 6.99. The molecule has 29 heavy (non-hydrogen) atoms. The van der Waals surface area contributed by atoms with Gasteiger partial charge >= 0.3 is 0 Å². The summed E-state index contributed by atoms with van der Waals surface area (Å²) in [5.41, 5.74) is 5.56. The normalized spacial score (nSPS) is 12.1. The van der Waals surface area contributed by atoms with Crippen molar-refractivity contribution in [3.05, 3.63) is 91.0 Å². The number of fused-ring (bicyclic) bond motifs is 8. The topological polar surface area (TPSA) is 18.1 Å². The summed E-state index contributed by atoms with van der Waals surface area (Å²) in [4.78, 5) is 0. The fourth-order valence-electron chi connectivity index (χ4n) is 4.54. The van der Waals surface area contributed by atoms with Gasteiger partial charge in [-0.05, 0) is 36.4 Å². The molecule has 3 aromatic heterocycles. The number of hydrogen-bond donors (Lipinski definition) is 0. The highest BCUT2D eigenvalue weighted by atomic mass is 32.1. The van der Waals surface area contributed by atoms with Crippen LogP contribution >= 0.6 is 11.3 Å². The molecule has 7 rings (SSSR count). The minimum Gasteiger partial charge on any atom is -0.456 e. The number of para-hydroxylation sites is 2. The third kappa shape index (κ3) is 2.00. The van der Waals surface area contributed by atoms with Gasteiger partial charge in [-0.15, -0.1) is 11.3 Å². The maximum absolute atomic E-state index is 6.05. The SMILES string of the molecule is c1ccc2c(c1)oc1ccc(-n3c4ccccc4c4sc5ccccc5c43)cc12. The van der Waals surface area contributed by atoms with Crippen LogP contribution in [0, 0.1) is 0 Å². The van der Waals surface area contributed by atoms with Crippen LogP contribution in [-0.4, -0.2) is 4.57 Å². The Hall–Kier alpha value is -3.56. The largest absolute Gasteiger partial charge is 0.456 e. The Bertz CT molecular complexity index is 1710. The van der Waals surface area contributed by atoms with Crippen LogP contribution in [-0.2, 0) is 0 Å². The number of hydrogen-bond acceptors (Lipinski definition) is 2. The lowest BCUT2D eigenvalue weighted by molar-refractivity contribution is 0.669. The van der Waals surface area contributed by atoms with Gasteiger partial charge in [0.2, 0.25) is 0 Å². The Morgan fingerprint density at radius 2 is 1.34 bits per heavy atom. The summed E-state index contributed by atoms with van der Waals surface area (Å²) >= 11 is 1.88. The maximum Gasteiger partial charge on any atom is 0.135 e. The molecule has 2 nitrogen and oxygen atoms in total. The van der Waals surface area contributed by atoms with Crippen molar-refractivity contribution in [2.75, 3.05) is 0 Å². The minimum atomic E-state index is 0.929. The van der Waals surface area contributed by atoms with Crippen molar-refractivity contribution in [1.82, 2.24) is 4.57 Å². The van der Waals surface area contributed by atoms with Gasteiger partial charge in [0.25, 0.3) is 0 Å². The third-order valence-electron chi connectivity index (χ3n) is 5.80. The van der Waals surface area contributed by atoms with E-state index in [2.05, 4.69) is 83.4 Å². The average Bonchev–Trinajstić information content (AvgIpc) is 3.42. The first-order valence-electron chi connectivity index (χ1n) is 9.71. The fourth-order valence-corrected chi connectivity index (χ4v) is 5.76. The standard InChI is InChI=1S/C26H15NOS/c1-4-10-21-18(8-1)26-25(19-9-3-6-12-24(19)29-26)27(21)16-13-14-23-20(15-16)17-7-2-5-11-22(17)28-23/h1-15H. The van der Waals surface area contributed by atoms with Crippen LogP contribution in [0.5, 0.6) is 0 Å². The second-order valence-electron chi connectivity index (χ2n) is 7.41. The average molecular weight is 389 g/mol. The van der Waals surface area contributed by atoms with Crippen LogP contribution in [0.4, 0.5) is 0 Å². The van der Waals surface area contributed by atoms with E-state index in [4.69, 9.17) is 4.42 Å². The van der Waals surface area contributed by atoms with E-state index in [0.717, 1.165) is 21.9 Å². The van der Waals surface area contributed by atoms with Crippen LogP contribution in [0.1, 0.15) is 0 Å². The Balaban J connectivity index is 1.67. The van der Waals surface area contributed by atoms with Gasteiger partial charge in [0.1, 0.15) is 11.2 Å². The van der Waals surface area contributed by atoms with Crippen molar-refractivity contribution < 1.29 is 4.42 Å². The van der Waals surface area contributed by atoms with Crippen molar-refractivity contribution >= 4 is 64.5 Å². The van der Waals surface area contributed by atoms with Gasteiger partial charge in [0.15, 0.2) is 0 Å². The van der Waals surface area contributed by atoms with Crippen LogP contribution in [0.15, 0.2) is 95.4 Å². The Labute approximate surface area is 170 Å². The maximum atomic E-state index is 6.05. The summed E-state index contributed by atoms with van der Waals surface area (Å²) < 4.78 is 11.1. The number of nitrogens with zero attached hydrogens (tertiary/aromatic N) is 1. The van der Waals surface area contributed by atoms with E-state index < -0.39 is 0 Å². The molecular formula is C26H15NOS. The number of aromatic nitrogens is 1. The molecule has 0 aliphatic heterocycles. The number of thiophene rings is 1. The summed E-state index contributed by atoms with van der Waals surface area (Å²) in [6, 6.07) is 32.2. The molecule has 136 valence electrons. The van der Waals surface area contributed by atoms with Crippen molar-refractivity contribution in [2.45, 2.75) is 0 Å². The van der Waals surface area contributed by atoms with Crippen LogP contribution in [0.25, 0.3) is 58.8 Å². The smallest absolute Gasteiger partial charge is 0.135 e. The fraction of sp³-hybridized carbons (Fsp3) is 0. The van der Waals surface area contributed by atoms with Crippen LogP contribution in [0.2, 0.25) is 0 Å². The molecule has 3 heterocycles. The summed E-state index contributed by atoms with van der Waals surface area (Å²) in [5.74, 6) is 0. The highest BCUT2D eigenvalue weighted by Crippen LogP contribution is 2.42. The molecule has 0 radical (unpaired) electrons. The first kappa shape index (κ1) is 15.4. The van der Waals surface area contributed by atoms with E-state index in [0.29, 0.717) is 0 Å². The molecule has 0 aliphatic carbocycles. The van der Waals surface area contributed by atoms with Gasteiger partial charge in [0, 0.05) is 31.9 Å².